The van der Waals surface area contributed by atoms with Gasteiger partial charge in [0.1, 0.15) is 22.3 Å². The van der Waals surface area contributed by atoms with Gasteiger partial charge in [-0.15, -0.1) is 0 Å². The van der Waals surface area contributed by atoms with Crippen LogP contribution < -0.4 is 15.7 Å². The van der Waals surface area contributed by atoms with Gasteiger partial charge in [-0.1, -0.05) is 12.6 Å². The van der Waals surface area contributed by atoms with Crippen molar-refractivity contribution in [3.63, 3.8) is 0 Å². The molecule has 3 heterocycles. The number of amides is 1. The van der Waals surface area contributed by atoms with E-state index in [1.165, 1.54) is 4.90 Å². The summed E-state index contributed by atoms with van der Waals surface area (Å²) >= 11 is 0. The molecule has 0 saturated carbocycles. The second kappa shape index (κ2) is 11.1. The predicted molar refractivity (Wildman–Crippen MR) is 150 cm³/mol. The molecule has 1 saturated heterocycles. The van der Waals surface area contributed by atoms with E-state index in [0.29, 0.717) is 10.6 Å². The van der Waals surface area contributed by atoms with Gasteiger partial charge in [0, 0.05) is 48.4 Å². The highest BCUT2D eigenvalue weighted by atomic mass is 32.2. The van der Waals surface area contributed by atoms with Crippen LogP contribution in [-0.2, 0) is 21.0 Å². The van der Waals surface area contributed by atoms with Crippen molar-refractivity contribution < 1.29 is 35.2 Å². The standard InChI is InChI=1S/C28H23F5N6O4S/c1-3-24(40)37-9-10-38(15(2)14-37)26-17-11-20(30)16(25-18(28(31,32)33)5-4-6-19(25)29)12-21(17)39(27(41)36-26)22-13-35-8-7-23(22)44(34,42)43/h3-8,11-13,15H,1,9-10,14H2,2H3,(H2,34,42,43)/t15-/m0/s1. The highest BCUT2D eigenvalue weighted by molar-refractivity contribution is 7.89. The molecule has 1 aliphatic rings. The van der Waals surface area contributed by atoms with Crippen LogP contribution in [0.15, 0.2) is 71.1 Å². The Kier molecular flexibility index (Phi) is 7.75. The number of halogens is 5. The first-order chi connectivity index (χ1) is 20.6. The van der Waals surface area contributed by atoms with Gasteiger partial charge in [0.15, 0.2) is 0 Å². The number of primary sulfonamides is 1. The molecule has 5 rings (SSSR count). The Morgan fingerprint density at radius 3 is 2.50 bits per heavy atom. The number of rotatable bonds is 5. The molecular weight excluding hydrogens is 611 g/mol. The van der Waals surface area contributed by atoms with E-state index in [0.717, 1.165) is 48.8 Å². The molecule has 0 unspecified atom stereocenters. The summed E-state index contributed by atoms with van der Waals surface area (Å²) in [6.07, 6.45) is -1.88. The fourth-order valence-corrected chi connectivity index (χ4v) is 5.98. The van der Waals surface area contributed by atoms with Gasteiger partial charge in [-0.25, -0.2) is 27.1 Å². The van der Waals surface area contributed by atoms with Gasteiger partial charge < -0.3 is 9.80 Å². The Bertz CT molecular complexity index is 2000. The monoisotopic (exact) mass is 634 g/mol. The van der Waals surface area contributed by atoms with Crippen LogP contribution in [0.3, 0.4) is 0 Å². The van der Waals surface area contributed by atoms with Gasteiger partial charge >= 0.3 is 11.9 Å². The maximum absolute atomic E-state index is 15.9. The number of carbonyl (C=O) groups excluding carboxylic acids is 1. The lowest BCUT2D eigenvalue weighted by molar-refractivity contribution is -0.137. The Balaban J connectivity index is 1.86. The van der Waals surface area contributed by atoms with Crippen LogP contribution in [0.4, 0.5) is 27.8 Å². The van der Waals surface area contributed by atoms with Gasteiger partial charge in [0.25, 0.3) is 0 Å². The van der Waals surface area contributed by atoms with Crippen molar-refractivity contribution >= 4 is 32.7 Å². The minimum absolute atomic E-state index is 0.0875. The average molecular weight is 635 g/mol. The van der Waals surface area contributed by atoms with Crippen molar-refractivity contribution in [2.45, 2.75) is 24.0 Å². The fourth-order valence-electron chi connectivity index (χ4n) is 5.29. The molecule has 1 aliphatic heterocycles. The van der Waals surface area contributed by atoms with Crippen LogP contribution in [-0.4, -0.2) is 59.4 Å². The molecule has 0 aliphatic carbocycles. The first-order valence-electron chi connectivity index (χ1n) is 12.9. The first-order valence-corrected chi connectivity index (χ1v) is 14.5. The third kappa shape index (κ3) is 5.41. The van der Waals surface area contributed by atoms with Crippen molar-refractivity contribution in [3.8, 4) is 16.8 Å². The Morgan fingerprint density at radius 2 is 1.86 bits per heavy atom. The molecule has 16 heteroatoms. The molecular formula is C28H23F5N6O4S. The van der Waals surface area contributed by atoms with Crippen LogP contribution in [0.1, 0.15) is 12.5 Å². The normalized spacial score (nSPS) is 15.9. The summed E-state index contributed by atoms with van der Waals surface area (Å²) in [6.45, 7) is 5.64. The molecule has 1 amide bonds. The van der Waals surface area contributed by atoms with E-state index in [1.807, 2.05) is 0 Å². The van der Waals surface area contributed by atoms with E-state index in [-0.39, 0.29) is 42.3 Å². The van der Waals surface area contributed by atoms with Gasteiger partial charge in [-0.2, -0.15) is 18.2 Å². The third-order valence-electron chi connectivity index (χ3n) is 7.24. The Hall–Kier alpha value is -4.70. The molecule has 44 heavy (non-hydrogen) atoms. The number of nitrogens with two attached hydrogens (primary N) is 1. The molecule has 0 spiro atoms. The van der Waals surface area contributed by atoms with Crippen LogP contribution >= 0.6 is 0 Å². The number of aromatic nitrogens is 3. The third-order valence-corrected chi connectivity index (χ3v) is 8.20. The number of nitrogens with zero attached hydrogens (tertiary/aromatic N) is 5. The lowest BCUT2D eigenvalue weighted by Gasteiger charge is -2.40. The SMILES string of the molecule is C=CC(=O)N1CCN(c2nc(=O)n(-c3cnccc3S(N)(=O)=O)c3cc(-c4c(F)cccc4C(F)(F)F)c(F)cc23)[C@@H](C)C1. The summed E-state index contributed by atoms with van der Waals surface area (Å²) in [7, 11) is -4.49. The van der Waals surface area contributed by atoms with Crippen LogP contribution in [0.25, 0.3) is 27.7 Å². The van der Waals surface area contributed by atoms with Gasteiger partial charge in [-0.3, -0.25) is 14.3 Å². The molecule has 2 N–H and O–H groups in total. The fraction of sp³-hybridized carbons (Fsp3) is 0.214. The number of hydrogen-bond donors (Lipinski definition) is 1. The molecule has 230 valence electrons. The van der Waals surface area contributed by atoms with E-state index < -0.39 is 66.8 Å². The van der Waals surface area contributed by atoms with Crippen LogP contribution in [0, 0.1) is 11.6 Å². The Labute approximate surface area is 246 Å². The number of fused-ring (bicyclic) bond motifs is 1. The highest BCUT2D eigenvalue weighted by Crippen LogP contribution is 2.41. The maximum atomic E-state index is 15.9. The summed E-state index contributed by atoms with van der Waals surface area (Å²) in [4.78, 5) is 36.3. The molecule has 0 radical (unpaired) electrons. The zero-order valence-corrected chi connectivity index (χ0v) is 23.7. The molecule has 2 aromatic carbocycles. The van der Waals surface area contributed by atoms with Crippen molar-refractivity contribution in [1.82, 2.24) is 19.4 Å². The first kappa shape index (κ1) is 30.7. The minimum Gasteiger partial charge on any atom is -0.350 e. The summed E-state index contributed by atoms with van der Waals surface area (Å²) in [6, 6.07) is 4.28. The highest BCUT2D eigenvalue weighted by Gasteiger charge is 2.36. The van der Waals surface area contributed by atoms with E-state index in [1.54, 1.807) is 11.8 Å². The number of carbonyl (C=O) groups is 1. The van der Waals surface area contributed by atoms with Gasteiger partial charge in [-0.05, 0) is 43.3 Å². The molecule has 1 atom stereocenters. The summed E-state index contributed by atoms with van der Waals surface area (Å²) in [5.74, 6) is -3.08. The predicted octanol–water partition coefficient (Wildman–Crippen LogP) is 3.62. The smallest absolute Gasteiger partial charge is 0.350 e. The van der Waals surface area contributed by atoms with Crippen molar-refractivity contribution in [3.05, 3.63) is 89.1 Å². The number of benzene rings is 2. The number of alkyl halides is 3. The quantitative estimate of drug-likeness (QED) is 0.262. The molecule has 10 nitrogen and oxygen atoms in total. The average Bonchev–Trinajstić information content (AvgIpc) is 2.95. The van der Waals surface area contributed by atoms with E-state index in [4.69, 9.17) is 5.14 Å². The largest absolute Gasteiger partial charge is 0.417 e. The number of anilines is 1. The Morgan fingerprint density at radius 1 is 1.14 bits per heavy atom. The van der Waals surface area contributed by atoms with Crippen molar-refractivity contribution in [2.24, 2.45) is 5.14 Å². The molecule has 1 fully saturated rings. The van der Waals surface area contributed by atoms with Crippen molar-refractivity contribution in [2.75, 3.05) is 24.5 Å². The van der Waals surface area contributed by atoms with E-state index in [9.17, 15) is 31.2 Å². The molecule has 2 aromatic heterocycles. The second-order valence-corrected chi connectivity index (χ2v) is 11.5. The zero-order valence-electron chi connectivity index (χ0n) is 22.8. The molecule has 4 aromatic rings. The summed E-state index contributed by atoms with van der Waals surface area (Å²) in [5, 5.41) is 5.25. The number of sulfonamides is 1. The van der Waals surface area contributed by atoms with Crippen LogP contribution in [0.5, 0.6) is 0 Å². The summed E-state index contributed by atoms with van der Waals surface area (Å²) < 4.78 is 98.2. The maximum Gasteiger partial charge on any atom is 0.417 e. The topological polar surface area (TPSA) is 131 Å². The van der Waals surface area contributed by atoms with E-state index in [2.05, 4.69) is 16.5 Å². The second-order valence-electron chi connectivity index (χ2n) is 9.98. The lowest BCUT2D eigenvalue weighted by atomic mass is 9.96. The summed E-state index contributed by atoms with van der Waals surface area (Å²) in [5.41, 5.74) is -5.25. The number of pyridine rings is 1. The van der Waals surface area contributed by atoms with E-state index >= 15 is 8.78 Å². The van der Waals surface area contributed by atoms with Gasteiger partial charge in [0.05, 0.1) is 23.0 Å². The lowest BCUT2D eigenvalue weighted by Crippen LogP contribution is -2.54. The number of piperazine rings is 1. The minimum atomic E-state index is -5.08. The van der Waals surface area contributed by atoms with Crippen LogP contribution in [0.2, 0.25) is 0 Å². The van der Waals surface area contributed by atoms with Crippen molar-refractivity contribution in [1.29, 1.82) is 0 Å². The molecule has 0 bridgehead atoms. The van der Waals surface area contributed by atoms with Gasteiger partial charge in [0.2, 0.25) is 15.9 Å². The number of hydrogen-bond acceptors (Lipinski definition) is 7. The zero-order chi connectivity index (χ0) is 32.1.